The van der Waals surface area contributed by atoms with Gasteiger partial charge in [0.25, 0.3) is 0 Å². The summed E-state index contributed by atoms with van der Waals surface area (Å²) >= 11 is 0. The van der Waals surface area contributed by atoms with Crippen molar-refractivity contribution in [2.24, 2.45) is 0 Å². The molecule has 0 aromatic heterocycles. The van der Waals surface area contributed by atoms with Crippen molar-refractivity contribution >= 4 is 5.78 Å². The zero-order chi connectivity index (χ0) is 22.3. The lowest BCUT2D eigenvalue weighted by molar-refractivity contribution is 0.0147. The van der Waals surface area contributed by atoms with E-state index >= 15 is 0 Å². The molecule has 0 aliphatic heterocycles. The molecule has 2 atom stereocenters. The summed E-state index contributed by atoms with van der Waals surface area (Å²) in [6.07, 6.45) is -2.49. The van der Waals surface area contributed by atoms with E-state index in [0.29, 0.717) is 11.1 Å². The maximum Gasteiger partial charge on any atom is 0.165 e. The molecule has 0 spiro atoms. The van der Waals surface area contributed by atoms with Gasteiger partial charge in [-0.3, -0.25) is 4.79 Å². The number of rotatable bonds is 8. The van der Waals surface area contributed by atoms with Gasteiger partial charge >= 0.3 is 0 Å². The van der Waals surface area contributed by atoms with E-state index < -0.39 is 12.2 Å². The molecule has 0 fully saturated rings. The second-order valence-corrected chi connectivity index (χ2v) is 7.93. The molecular formula is C29H26O3. The fraction of sp³-hybridized carbons (Fsp3) is 0.138. The van der Waals surface area contributed by atoms with Crippen LogP contribution in [0, 0.1) is 0 Å². The van der Waals surface area contributed by atoms with Crippen LogP contribution in [0.2, 0.25) is 0 Å². The van der Waals surface area contributed by atoms with Crippen LogP contribution in [0.1, 0.15) is 51.1 Å². The van der Waals surface area contributed by atoms with E-state index in [4.69, 9.17) is 0 Å². The van der Waals surface area contributed by atoms with Gasteiger partial charge in [0.1, 0.15) is 6.10 Å². The van der Waals surface area contributed by atoms with E-state index in [0.717, 1.165) is 16.7 Å². The monoisotopic (exact) mass is 422 g/mol. The minimum Gasteiger partial charge on any atom is -0.390 e. The molecule has 4 rings (SSSR count). The molecule has 4 aromatic rings. The molecule has 2 unspecified atom stereocenters. The zero-order valence-corrected chi connectivity index (χ0v) is 17.7. The van der Waals surface area contributed by atoms with Gasteiger partial charge in [0, 0.05) is 17.9 Å². The predicted molar refractivity (Wildman–Crippen MR) is 127 cm³/mol. The van der Waals surface area contributed by atoms with E-state index in [9.17, 15) is 15.0 Å². The van der Waals surface area contributed by atoms with Crippen molar-refractivity contribution in [2.45, 2.75) is 24.5 Å². The van der Waals surface area contributed by atoms with Crippen LogP contribution in [0.4, 0.5) is 0 Å². The summed E-state index contributed by atoms with van der Waals surface area (Å²) in [4.78, 5) is 12.5. The first-order valence-corrected chi connectivity index (χ1v) is 10.8. The fourth-order valence-corrected chi connectivity index (χ4v) is 4.06. The van der Waals surface area contributed by atoms with Gasteiger partial charge in [-0.25, -0.2) is 0 Å². The highest BCUT2D eigenvalue weighted by Gasteiger charge is 2.24. The molecule has 3 nitrogen and oxygen atoms in total. The largest absolute Gasteiger partial charge is 0.390 e. The molecule has 0 aliphatic rings. The van der Waals surface area contributed by atoms with Gasteiger partial charge in [-0.05, 0) is 22.3 Å². The standard InChI is InChI=1S/C29H26O3/c30-26(21-11-4-1-5-12-21)20-27(31)29(32)25-18-10-17-24(19-25)28(22-13-6-2-7-14-22)23-15-8-3-9-16-23/h1-19,27-29,31-32H,20H2. The second kappa shape index (κ2) is 10.2. The maximum absolute atomic E-state index is 12.5. The van der Waals surface area contributed by atoms with Crippen LogP contribution in [0.15, 0.2) is 115 Å². The quantitative estimate of drug-likeness (QED) is 0.290. The van der Waals surface area contributed by atoms with Crippen molar-refractivity contribution in [3.8, 4) is 0 Å². The van der Waals surface area contributed by atoms with Crippen molar-refractivity contribution in [1.82, 2.24) is 0 Å². The van der Waals surface area contributed by atoms with E-state index in [1.54, 1.807) is 30.3 Å². The third-order valence-corrected chi connectivity index (χ3v) is 5.71. The number of ketones is 1. The van der Waals surface area contributed by atoms with Crippen molar-refractivity contribution in [3.63, 3.8) is 0 Å². The van der Waals surface area contributed by atoms with Crippen molar-refractivity contribution < 1.29 is 15.0 Å². The highest BCUT2D eigenvalue weighted by Crippen LogP contribution is 2.33. The molecule has 32 heavy (non-hydrogen) atoms. The minimum absolute atomic E-state index is 0.00681. The average Bonchev–Trinajstić information content (AvgIpc) is 2.86. The maximum atomic E-state index is 12.5. The minimum atomic E-state index is -1.19. The number of hydrogen-bond acceptors (Lipinski definition) is 3. The van der Waals surface area contributed by atoms with Crippen molar-refractivity contribution in [3.05, 3.63) is 143 Å². The van der Waals surface area contributed by atoms with E-state index in [2.05, 4.69) is 24.3 Å². The fourth-order valence-electron chi connectivity index (χ4n) is 4.06. The Bertz CT molecular complexity index is 1100. The Morgan fingerprint density at radius 3 is 1.62 bits per heavy atom. The first kappa shape index (κ1) is 21.7. The Morgan fingerprint density at radius 2 is 1.06 bits per heavy atom. The van der Waals surface area contributed by atoms with Crippen LogP contribution in [-0.4, -0.2) is 22.1 Å². The predicted octanol–water partition coefficient (Wildman–Crippen LogP) is 5.53. The van der Waals surface area contributed by atoms with Crippen molar-refractivity contribution in [2.75, 3.05) is 0 Å². The number of aliphatic hydroxyl groups excluding tert-OH is 2. The van der Waals surface area contributed by atoms with E-state index in [-0.39, 0.29) is 18.1 Å². The van der Waals surface area contributed by atoms with Crippen LogP contribution in [0.5, 0.6) is 0 Å². The third-order valence-electron chi connectivity index (χ3n) is 5.71. The Kier molecular flexibility index (Phi) is 6.90. The highest BCUT2D eigenvalue weighted by molar-refractivity contribution is 5.96. The van der Waals surface area contributed by atoms with Gasteiger partial charge in [0.2, 0.25) is 0 Å². The van der Waals surface area contributed by atoms with Crippen LogP contribution in [0.25, 0.3) is 0 Å². The Labute approximate surface area is 188 Å². The number of benzene rings is 4. The summed E-state index contributed by atoms with van der Waals surface area (Å²) in [6, 6.07) is 36.9. The SMILES string of the molecule is O=C(CC(O)C(O)c1cccc(C(c2ccccc2)c2ccccc2)c1)c1ccccc1. The summed E-state index contributed by atoms with van der Waals surface area (Å²) in [5.41, 5.74) is 4.42. The first-order chi connectivity index (χ1) is 15.6. The summed E-state index contributed by atoms with van der Waals surface area (Å²) in [5, 5.41) is 21.4. The lowest BCUT2D eigenvalue weighted by atomic mass is 9.84. The van der Waals surface area contributed by atoms with Crippen LogP contribution in [-0.2, 0) is 0 Å². The lowest BCUT2D eigenvalue weighted by Crippen LogP contribution is -2.22. The summed E-state index contributed by atoms with van der Waals surface area (Å²) in [7, 11) is 0. The van der Waals surface area contributed by atoms with Crippen molar-refractivity contribution in [1.29, 1.82) is 0 Å². The average molecular weight is 423 g/mol. The topological polar surface area (TPSA) is 57.5 Å². The van der Waals surface area contributed by atoms with E-state index in [1.165, 1.54) is 0 Å². The number of carbonyl (C=O) groups excluding carboxylic acids is 1. The molecule has 160 valence electrons. The lowest BCUT2D eigenvalue weighted by Gasteiger charge is -2.22. The molecule has 0 bridgehead atoms. The number of Topliss-reactive ketones (excluding diaryl/α,β-unsaturated/α-hetero) is 1. The van der Waals surface area contributed by atoms with Gasteiger partial charge in [0.15, 0.2) is 5.78 Å². The molecular weight excluding hydrogens is 396 g/mol. The van der Waals surface area contributed by atoms with Crippen LogP contribution >= 0.6 is 0 Å². The molecule has 2 N–H and O–H groups in total. The molecule has 4 aromatic carbocycles. The summed E-state index contributed by atoms with van der Waals surface area (Å²) in [5.74, 6) is -0.201. The third kappa shape index (κ3) is 5.02. The van der Waals surface area contributed by atoms with Crippen LogP contribution in [0.3, 0.4) is 0 Å². The van der Waals surface area contributed by atoms with Gasteiger partial charge in [-0.1, -0.05) is 115 Å². The van der Waals surface area contributed by atoms with Gasteiger partial charge < -0.3 is 10.2 Å². The number of carbonyl (C=O) groups is 1. The van der Waals surface area contributed by atoms with Gasteiger partial charge in [-0.2, -0.15) is 0 Å². The van der Waals surface area contributed by atoms with Gasteiger partial charge in [0.05, 0.1) is 6.10 Å². The zero-order valence-electron chi connectivity index (χ0n) is 17.7. The summed E-state index contributed by atoms with van der Waals surface area (Å²) in [6.45, 7) is 0. The Morgan fingerprint density at radius 1 is 0.594 bits per heavy atom. The molecule has 0 saturated heterocycles. The molecule has 0 saturated carbocycles. The normalized spacial score (nSPS) is 13.0. The first-order valence-electron chi connectivity index (χ1n) is 10.8. The van der Waals surface area contributed by atoms with Crippen LogP contribution < -0.4 is 0 Å². The molecule has 0 aliphatic carbocycles. The molecule has 0 amide bonds. The molecule has 0 heterocycles. The molecule has 3 heteroatoms. The molecule has 0 radical (unpaired) electrons. The summed E-state index contributed by atoms with van der Waals surface area (Å²) < 4.78 is 0. The highest BCUT2D eigenvalue weighted by atomic mass is 16.3. The number of hydrogen-bond donors (Lipinski definition) is 2. The van der Waals surface area contributed by atoms with Gasteiger partial charge in [-0.15, -0.1) is 0 Å². The smallest absolute Gasteiger partial charge is 0.165 e. The second-order valence-electron chi connectivity index (χ2n) is 7.93. The van der Waals surface area contributed by atoms with E-state index in [1.807, 2.05) is 60.7 Å². The Balaban J connectivity index is 1.60. The number of aliphatic hydroxyl groups is 2. The Hall–Kier alpha value is -3.53.